The summed E-state index contributed by atoms with van der Waals surface area (Å²) in [5.41, 5.74) is 0. The Hall–Kier alpha value is -0.120. The van der Waals surface area contributed by atoms with E-state index in [9.17, 15) is 0 Å². The highest BCUT2D eigenvalue weighted by molar-refractivity contribution is 4.85. The van der Waals surface area contributed by atoms with Gasteiger partial charge < -0.3 is 10.1 Å². The van der Waals surface area contributed by atoms with Crippen LogP contribution in [0.4, 0.5) is 0 Å². The third-order valence-electron chi connectivity index (χ3n) is 4.12. The van der Waals surface area contributed by atoms with Gasteiger partial charge in [0.15, 0.2) is 0 Å². The molecule has 0 amide bonds. The second-order valence-electron chi connectivity index (χ2n) is 5.67. The number of nitrogens with one attached hydrogen (secondary N) is 1. The first-order valence-corrected chi connectivity index (χ1v) is 7.38. The van der Waals surface area contributed by atoms with Crippen molar-refractivity contribution in [3.05, 3.63) is 0 Å². The molecular weight excluding hydrogens is 212 g/mol. The molecule has 1 N–H and O–H groups in total. The van der Waals surface area contributed by atoms with Crippen molar-refractivity contribution < 1.29 is 4.74 Å². The average Bonchev–Trinajstić information content (AvgIpc) is 2.37. The maximum absolute atomic E-state index is 5.91. The Kier molecular flexibility index (Phi) is 5.26. The molecule has 17 heavy (non-hydrogen) atoms. The van der Waals surface area contributed by atoms with E-state index in [0.717, 1.165) is 25.6 Å². The van der Waals surface area contributed by atoms with Crippen molar-refractivity contribution in [2.45, 2.75) is 64.1 Å². The minimum absolute atomic E-state index is 0.489. The molecule has 2 aliphatic rings. The lowest BCUT2D eigenvalue weighted by Gasteiger charge is -2.41. The summed E-state index contributed by atoms with van der Waals surface area (Å²) >= 11 is 0. The molecule has 2 rings (SSSR count). The molecule has 0 aromatic rings. The zero-order valence-corrected chi connectivity index (χ0v) is 11.5. The van der Waals surface area contributed by atoms with Crippen molar-refractivity contribution in [2.24, 2.45) is 0 Å². The van der Waals surface area contributed by atoms with Crippen LogP contribution in [0.5, 0.6) is 0 Å². The van der Waals surface area contributed by atoms with E-state index >= 15 is 0 Å². The van der Waals surface area contributed by atoms with E-state index < -0.39 is 0 Å². The van der Waals surface area contributed by atoms with Crippen molar-refractivity contribution in [1.29, 1.82) is 0 Å². The van der Waals surface area contributed by atoms with Crippen molar-refractivity contribution in [1.82, 2.24) is 10.2 Å². The monoisotopic (exact) mass is 240 g/mol. The molecule has 0 spiro atoms. The zero-order chi connectivity index (χ0) is 12.1. The molecule has 2 heterocycles. The van der Waals surface area contributed by atoms with Gasteiger partial charge in [-0.1, -0.05) is 6.92 Å². The second-order valence-corrected chi connectivity index (χ2v) is 5.67. The van der Waals surface area contributed by atoms with Gasteiger partial charge in [-0.25, -0.2) is 0 Å². The van der Waals surface area contributed by atoms with Gasteiger partial charge in [-0.2, -0.15) is 0 Å². The first-order valence-electron chi connectivity index (χ1n) is 7.38. The summed E-state index contributed by atoms with van der Waals surface area (Å²) in [5.74, 6) is 0. The van der Waals surface area contributed by atoms with E-state index in [4.69, 9.17) is 4.74 Å². The van der Waals surface area contributed by atoms with Crippen molar-refractivity contribution in [3.63, 3.8) is 0 Å². The Morgan fingerprint density at radius 2 is 2.18 bits per heavy atom. The van der Waals surface area contributed by atoms with E-state index in [1.807, 2.05) is 0 Å². The van der Waals surface area contributed by atoms with Crippen LogP contribution in [0.25, 0.3) is 0 Å². The predicted octanol–water partition coefficient (Wildman–Crippen LogP) is 2.02. The van der Waals surface area contributed by atoms with Gasteiger partial charge in [0.05, 0.1) is 6.10 Å². The highest BCUT2D eigenvalue weighted by Gasteiger charge is 2.28. The fraction of sp³-hybridized carbons (Fsp3) is 1.00. The third-order valence-corrected chi connectivity index (χ3v) is 4.12. The minimum atomic E-state index is 0.489. The molecule has 0 aromatic heterocycles. The summed E-state index contributed by atoms with van der Waals surface area (Å²) in [6, 6.07) is 1.46. The summed E-state index contributed by atoms with van der Waals surface area (Å²) in [4.78, 5) is 2.66. The van der Waals surface area contributed by atoms with Crippen molar-refractivity contribution in [2.75, 3.05) is 26.2 Å². The first-order chi connectivity index (χ1) is 8.29. The molecule has 3 atom stereocenters. The van der Waals surface area contributed by atoms with Crippen molar-refractivity contribution in [3.8, 4) is 0 Å². The normalized spacial score (nSPS) is 36.0. The van der Waals surface area contributed by atoms with Gasteiger partial charge in [0, 0.05) is 31.8 Å². The van der Waals surface area contributed by atoms with Gasteiger partial charge in [-0.3, -0.25) is 4.90 Å². The van der Waals surface area contributed by atoms with Gasteiger partial charge in [0.2, 0.25) is 0 Å². The highest BCUT2D eigenvalue weighted by atomic mass is 16.5. The number of ether oxygens (including phenoxy) is 1. The maximum atomic E-state index is 5.91. The van der Waals surface area contributed by atoms with E-state index in [0.29, 0.717) is 12.1 Å². The Bertz CT molecular complexity index is 214. The van der Waals surface area contributed by atoms with Crippen LogP contribution in [-0.4, -0.2) is 49.3 Å². The topological polar surface area (TPSA) is 24.5 Å². The molecule has 0 bridgehead atoms. The number of likely N-dealkylation sites (tertiary alicyclic amines) is 1. The SMILES string of the molecule is CCCOC1CCCN(C2CCC(C)NC2)C1. The van der Waals surface area contributed by atoms with Crippen LogP contribution in [0.2, 0.25) is 0 Å². The standard InChI is InChI=1S/C14H28N2O/c1-3-9-17-14-5-4-8-16(11-14)13-7-6-12(2)15-10-13/h12-15H,3-11H2,1-2H3. The van der Waals surface area contributed by atoms with Gasteiger partial charge >= 0.3 is 0 Å². The summed E-state index contributed by atoms with van der Waals surface area (Å²) in [6.45, 7) is 9.00. The Labute approximate surface area is 106 Å². The van der Waals surface area contributed by atoms with Crippen LogP contribution >= 0.6 is 0 Å². The highest BCUT2D eigenvalue weighted by Crippen LogP contribution is 2.20. The smallest absolute Gasteiger partial charge is 0.0702 e. The summed E-state index contributed by atoms with van der Waals surface area (Å²) in [7, 11) is 0. The molecule has 3 heteroatoms. The van der Waals surface area contributed by atoms with Gasteiger partial charge in [-0.15, -0.1) is 0 Å². The average molecular weight is 240 g/mol. The summed E-state index contributed by atoms with van der Waals surface area (Å²) in [5, 5.41) is 3.60. The van der Waals surface area contributed by atoms with Crippen LogP contribution in [-0.2, 0) is 4.74 Å². The molecule has 2 aliphatic heterocycles. The fourth-order valence-electron chi connectivity index (χ4n) is 3.01. The maximum Gasteiger partial charge on any atom is 0.0702 e. The summed E-state index contributed by atoms with van der Waals surface area (Å²) < 4.78 is 5.91. The number of rotatable bonds is 4. The van der Waals surface area contributed by atoms with Crippen molar-refractivity contribution >= 4 is 0 Å². The van der Waals surface area contributed by atoms with Gasteiger partial charge in [0.1, 0.15) is 0 Å². The zero-order valence-electron chi connectivity index (χ0n) is 11.5. The largest absolute Gasteiger partial charge is 0.377 e. The number of nitrogens with zero attached hydrogens (tertiary/aromatic N) is 1. The van der Waals surface area contributed by atoms with Crippen LogP contribution in [0.1, 0.15) is 46.0 Å². The molecule has 0 saturated carbocycles. The summed E-state index contributed by atoms with van der Waals surface area (Å²) in [6.07, 6.45) is 6.87. The minimum Gasteiger partial charge on any atom is -0.377 e. The van der Waals surface area contributed by atoms with Gasteiger partial charge in [0.25, 0.3) is 0 Å². The lowest BCUT2D eigenvalue weighted by Crippen LogP contribution is -2.53. The molecule has 3 nitrogen and oxygen atoms in total. The molecule has 0 aromatic carbocycles. The van der Waals surface area contributed by atoms with E-state index in [1.54, 1.807) is 0 Å². The quantitative estimate of drug-likeness (QED) is 0.813. The number of hydrogen-bond acceptors (Lipinski definition) is 3. The van der Waals surface area contributed by atoms with Crippen LogP contribution in [0.3, 0.4) is 0 Å². The molecule has 0 radical (unpaired) electrons. The molecule has 2 saturated heterocycles. The molecule has 2 fully saturated rings. The Morgan fingerprint density at radius 1 is 1.29 bits per heavy atom. The Balaban J connectivity index is 1.76. The van der Waals surface area contributed by atoms with E-state index in [1.165, 1.54) is 38.8 Å². The van der Waals surface area contributed by atoms with Gasteiger partial charge in [-0.05, 0) is 45.6 Å². The molecule has 100 valence electrons. The lowest BCUT2D eigenvalue weighted by molar-refractivity contribution is -0.0164. The fourth-order valence-corrected chi connectivity index (χ4v) is 3.01. The van der Waals surface area contributed by atoms with E-state index in [2.05, 4.69) is 24.1 Å². The molecular formula is C14H28N2O. The van der Waals surface area contributed by atoms with Crippen LogP contribution in [0.15, 0.2) is 0 Å². The molecule has 3 unspecified atom stereocenters. The third kappa shape index (κ3) is 3.94. The number of hydrogen-bond donors (Lipinski definition) is 1. The van der Waals surface area contributed by atoms with E-state index in [-0.39, 0.29) is 0 Å². The molecule has 0 aliphatic carbocycles. The Morgan fingerprint density at radius 3 is 2.88 bits per heavy atom. The lowest BCUT2D eigenvalue weighted by atomic mass is 9.97. The first kappa shape index (κ1) is 13.3. The van der Waals surface area contributed by atoms with Crippen LogP contribution < -0.4 is 5.32 Å². The van der Waals surface area contributed by atoms with Crippen LogP contribution in [0, 0.1) is 0 Å². The second kappa shape index (κ2) is 6.72. The number of piperidine rings is 2. The predicted molar refractivity (Wildman–Crippen MR) is 71.3 cm³/mol.